The summed E-state index contributed by atoms with van der Waals surface area (Å²) in [6, 6.07) is 8.35. The largest absolute Gasteiger partial charge is 0.507 e. The number of phenolic OH excluding ortho intramolecular Hbond substituents is 1. The number of nitrogens with zero attached hydrogens (tertiary/aromatic N) is 2. The van der Waals surface area contributed by atoms with Gasteiger partial charge in [0.2, 0.25) is 0 Å². The molecule has 1 saturated heterocycles. The van der Waals surface area contributed by atoms with E-state index >= 15 is 0 Å². The SMILES string of the molecule is CN1CCN(Cc2c[c]c(O)cc2)CC1. The van der Waals surface area contributed by atoms with E-state index in [0.29, 0.717) is 0 Å². The summed E-state index contributed by atoms with van der Waals surface area (Å²) < 4.78 is 0. The zero-order valence-corrected chi connectivity index (χ0v) is 9.11. The fourth-order valence-corrected chi connectivity index (χ4v) is 1.81. The summed E-state index contributed by atoms with van der Waals surface area (Å²) in [7, 11) is 2.16. The first-order valence-electron chi connectivity index (χ1n) is 5.34. The van der Waals surface area contributed by atoms with Crippen molar-refractivity contribution >= 4 is 0 Å². The average molecular weight is 205 g/mol. The van der Waals surface area contributed by atoms with Gasteiger partial charge in [-0.2, -0.15) is 0 Å². The van der Waals surface area contributed by atoms with Crippen LogP contribution in [0.15, 0.2) is 18.2 Å². The van der Waals surface area contributed by atoms with Crippen molar-refractivity contribution in [2.75, 3.05) is 33.2 Å². The molecule has 1 aliphatic rings. The van der Waals surface area contributed by atoms with E-state index in [9.17, 15) is 0 Å². The van der Waals surface area contributed by atoms with E-state index in [-0.39, 0.29) is 5.75 Å². The van der Waals surface area contributed by atoms with Gasteiger partial charge in [-0.15, -0.1) is 0 Å². The second-order valence-corrected chi connectivity index (χ2v) is 4.16. The molecule has 3 heteroatoms. The van der Waals surface area contributed by atoms with E-state index < -0.39 is 0 Å². The average Bonchev–Trinajstić information content (AvgIpc) is 2.25. The van der Waals surface area contributed by atoms with E-state index in [4.69, 9.17) is 5.11 Å². The van der Waals surface area contributed by atoms with Crippen molar-refractivity contribution in [1.29, 1.82) is 0 Å². The van der Waals surface area contributed by atoms with Crippen molar-refractivity contribution in [2.24, 2.45) is 0 Å². The van der Waals surface area contributed by atoms with E-state index in [0.717, 1.165) is 32.7 Å². The first kappa shape index (κ1) is 10.5. The molecule has 1 aromatic rings. The quantitative estimate of drug-likeness (QED) is 0.778. The molecule has 0 amide bonds. The summed E-state index contributed by atoms with van der Waals surface area (Å²) in [4.78, 5) is 4.78. The molecule has 3 nitrogen and oxygen atoms in total. The Bertz CT molecular complexity index is 302. The van der Waals surface area contributed by atoms with Crippen molar-refractivity contribution in [3.8, 4) is 5.75 Å². The Balaban J connectivity index is 1.89. The summed E-state index contributed by atoms with van der Waals surface area (Å²) in [5.41, 5.74) is 1.22. The van der Waals surface area contributed by atoms with Crippen LogP contribution in [-0.4, -0.2) is 48.1 Å². The topological polar surface area (TPSA) is 26.7 Å². The number of hydrogen-bond donors (Lipinski definition) is 1. The standard InChI is InChI=1S/C12H17N2O/c1-13-6-8-14(9-7-13)10-11-2-4-12(15)5-3-11/h2-4,15H,6-10H2,1H3. The van der Waals surface area contributed by atoms with Gasteiger partial charge < -0.3 is 10.0 Å². The highest BCUT2D eigenvalue weighted by Crippen LogP contribution is 2.11. The number of phenols is 1. The predicted octanol–water partition coefficient (Wildman–Crippen LogP) is 0.940. The van der Waals surface area contributed by atoms with Crippen LogP contribution in [0.4, 0.5) is 0 Å². The second-order valence-electron chi connectivity index (χ2n) is 4.16. The number of aromatic hydroxyl groups is 1. The van der Waals surface area contributed by atoms with Gasteiger partial charge in [-0.3, -0.25) is 4.90 Å². The summed E-state index contributed by atoms with van der Waals surface area (Å²) in [6.07, 6.45) is 0. The van der Waals surface area contributed by atoms with E-state index in [2.05, 4.69) is 22.9 Å². The molecule has 0 unspecified atom stereocenters. The van der Waals surface area contributed by atoms with Crippen molar-refractivity contribution < 1.29 is 5.11 Å². The van der Waals surface area contributed by atoms with E-state index in [1.165, 1.54) is 5.56 Å². The summed E-state index contributed by atoms with van der Waals surface area (Å²) >= 11 is 0. The van der Waals surface area contributed by atoms with Gasteiger partial charge in [0.25, 0.3) is 0 Å². The van der Waals surface area contributed by atoms with Gasteiger partial charge in [0, 0.05) is 38.8 Å². The molecule has 1 fully saturated rings. The highest BCUT2D eigenvalue weighted by molar-refractivity contribution is 5.24. The smallest absolute Gasteiger partial charge is 0.123 e. The maximum absolute atomic E-state index is 9.12. The van der Waals surface area contributed by atoms with Gasteiger partial charge in [0.15, 0.2) is 0 Å². The zero-order chi connectivity index (χ0) is 10.7. The van der Waals surface area contributed by atoms with Crippen LogP contribution in [0.2, 0.25) is 0 Å². The lowest BCUT2D eigenvalue weighted by molar-refractivity contribution is 0.148. The van der Waals surface area contributed by atoms with Gasteiger partial charge in [-0.05, 0) is 24.7 Å². The number of rotatable bonds is 2. The number of benzene rings is 1. The Kier molecular flexibility index (Phi) is 3.23. The van der Waals surface area contributed by atoms with Gasteiger partial charge in [-0.1, -0.05) is 6.07 Å². The Labute approximate surface area is 90.9 Å². The lowest BCUT2D eigenvalue weighted by Crippen LogP contribution is -2.43. The molecule has 1 aromatic carbocycles. The van der Waals surface area contributed by atoms with Crippen LogP contribution in [0.1, 0.15) is 5.56 Å². The van der Waals surface area contributed by atoms with Gasteiger partial charge in [0.05, 0.1) is 0 Å². The molecule has 0 atom stereocenters. The Morgan fingerprint density at radius 2 is 2.00 bits per heavy atom. The minimum Gasteiger partial charge on any atom is -0.507 e. The second kappa shape index (κ2) is 4.64. The molecule has 0 aromatic heterocycles. The molecule has 0 saturated carbocycles. The third kappa shape index (κ3) is 2.94. The lowest BCUT2D eigenvalue weighted by atomic mass is 10.2. The van der Waals surface area contributed by atoms with Crippen LogP contribution in [0.5, 0.6) is 5.75 Å². The summed E-state index contributed by atoms with van der Waals surface area (Å²) in [5, 5.41) is 9.12. The van der Waals surface area contributed by atoms with Crippen molar-refractivity contribution in [1.82, 2.24) is 9.80 Å². The first-order valence-corrected chi connectivity index (χ1v) is 5.34. The minimum absolute atomic E-state index is 0.220. The molecule has 0 aliphatic carbocycles. The monoisotopic (exact) mass is 205 g/mol. The van der Waals surface area contributed by atoms with Gasteiger partial charge in [0.1, 0.15) is 5.75 Å². The summed E-state index contributed by atoms with van der Waals surface area (Å²) in [6.45, 7) is 5.49. The number of piperazine rings is 1. The third-order valence-corrected chi connectivity index (χ3v) is 2.86. The molecular formula is C12H17N2O. The van der Waals surface area contributed by atoms with Crippen LogP contribution in [0.25, 0.3) is 0 Å². The van der Waals surface area contributed by atoms with Gasteiger partial charge in [-0.25, -0.2) is 0 Å². The predicted molar refractivity (Wildman–Crippen MR) is 59.7 cm³/mol. The number of hydrogen-bond acceptors (Lipinski definition) is 3. The van der Waals surface area contributed by atoms with Crippen molar-refractivity contribution in [3.05, 3.63) is 29.8 Å². The number of likely N-dealkylation sites (N-methyl/N-ethyl adjacent to an activating group) is 1. The molecule has 1 heterocycles. The Morgan fingerprint density at radius 1 is 1.27 bits per heavy atom. The van der Waals surface area contributed by atoms with Crippen LogP contribution in [0.3, 0.4) is 0 Å². The fraction of sp³-hybridized carbons (Fsp3) is 0.500. The molecule has 0 bridgehead atoms. The highest BCUT2D eigenvalue weighted by Gasteiger charge is 2.13. The molecule has 81 valence electrons. The Morgan fingerprint density at radius 3 is 2.60 bits per heavy atom. The maximum atomic E-state index is 9.12. The van der Waals surface area contributed by atoms with Gasteiger partial charge >= 0.3 is 0 Å². The van der Waals surface area contributed by atoms with Crippen molar-refractivity contribution in [2.45, 2.75) is 6.54 Å². The molecule has 1 aliphatic heterocycles. The molecule has 2 rings (SSSR count). The normalized spacial score (nSPS) is 19.3. The fourth-order valence-electron chi connectivity index (χ4n) is 1.81. The van der Waals surface area contributed by atoms with Crippen molar-refractivity contribution in [3.63, 3.8) is 0 Å². The first-order chi connectivity index (χ1) is 7.24. The Hall–Kier alpha value is -1.06. The van der Waals surface area contributed by atoms with Crippen LogP contribution in [-0.2, 0) is 6.54 Å². The highest BCUT2D eigenvalue weighted by atomic mass is 16.3. The molecule has 0 spiro atoms. The maximum Gasteiger partial charge on any atom is 0.123 e. The molecular weight excluding hydrogens is 188 g/mol. The molecule has 15 heavy (non-hydrogen) atoms. The summed E-state index contributed by atoms with van der Waals surface area (Å²) in [5.74, 6) is 0.220. The zero-order valence-electron chi connectivity index (χ0n) is 9.11. The van der Waals surface area contributed by atoms with E-state index in [1.54, 1.807) is 6.07 Å². The lowest BCUT2D eigenvalue weighted by Gasteiger charge is -2.32. The van der Waals surface area contributed by atoms with Crippen LogP contribution < -0.4 is 0 Å². The molecule has 1 radical (unpaired) electrons. The molecule has 1 N–H and O–H groups in total. The third-order valence-electron chi connectivity index (χ3n) is 2.86. The van der Waals surface area contributed by atoms with Crippen LogP contribution >= 0.6 is 0 Å². The van der Waals surface area contributed by atoms with E-state index in [1.807, 2.05) is 12.1 Å². The van der Waals surface area contributed by atoms with Crippen LogP contribution in [0, 0.1) is 6.07 Å². The minimum atomic E-state index is 0.220.